The maximum absolute atomic E-state index is 11.2. The molecule has 2 rings (SSSR count). The van der Waals surface area contributed by atoms with Crippen LogP contribution in [0, 0.1) is 0 Å². The lowest BCUT2D eigenvalue weighted by Gasteiger charge is -2.03. The highest BCUT2D eigenvalue weighted by atomic mass is 16.5. The second-order valence-electron chi connectivity index (χ2n) is 6.44. The number of rotatable bonds is 10. The molecule has 3 nitrogen and oxygen atoms in total. The lowest BCUT2D eigenvalue weighted by Crippen LogP contribution is -2.32. The number of nitrogens with zero attached hydrogens (tertiary/aromatic N) is 1. The van der Waals surface area contributed by atoms with Crippen LogP contribution in [-0.2, 0) is 16.1 Å². The fraction of sp³-hybridized carbons (Fsp3) is 0.304. The van der Waals surface area contributed by atoms with Gasteiger partial charge in [-0.1, -0.05) is 49.1 Å². The maximum atomic E-state index is 11.2. The van der Waals surface area contributed by atoms with E-state index in [4.69, 9.17) is 4.74 Å². The van der Waals surface area contributed by atoms with Gasteiger partial charge in [-0.15, -0.1) is 0 Å². The Labute approximate surface area is 156 Å². The van der Waals surface area contributed by atoms with Gasteiger partial charge in [0.05, 0.1) is 6.61 Å². The van der Waals surface area contributed by atoms with Crippen LogP contribution in [0.5, 0.6) is 0 Å². The van der Waals surface area contributed by atoms with Gasteiger partial charge in [0, 0.05) is 24.1 Å². The van der Waals surface area contributed by atoms with E-state index in [-0.39, 0.29) is 5.97 Å². The normalized spacial score (nSPS) is 10.8. The van der Waals surface area contributed by atoms with Crippen molar-refractivity contribution in [2.45, 2.75) is 39.2 Å². The number of esters is 1. The molecule has 0 bridgehead atoms. The molecule has 0 radical (unpaired) electrons. The zero-order valence-corrected chi connectivity index (χ0v) is 15.6. The van der Waals surface area contributed by atoms with Crippen molar-refractivity contribution in [1.82, 2.24) is 0 Å². The number of carbonyl (C=O) groups is 1. The molecule has 3 heteroatoms. The van der Waals surface area contributed by atoms with Gasteiger partial charge < -0.3 is 4.74 Å². The van der Waals surface area contributed by atoms with Crippen LogP contribution < -0.4 is 4.57 Å². The number of ether oxygens (including phenoxy) is 1. The summed E-state index contributed by atoms with van der Waals surface area (Å²) in [4.78, 5) is 11.2. The highest BCUT2D eigenvalue weighted by molar-refractivity contribution is 5.86. The van der Waals surface area contributed by atoms with E-state index >= 15 is 0 Å². The molecule has 26 heavy (non-hydrogen) atoms. The van der Waals surface area contributed by atoms with Gasteiger partial charge in [-0.25, -0.2) is 9.36 Å². The van der Waals surface area contributed by atoms with Gasteiger partial charge in [0.25, 0.3) is 0 Å². The van der Waals surface area contributed by atoms with E-state index < -0.39 is 0 Å². The van der Waals surface area contributed by atoms with E-state index in [0.717, 1.165) is 32.2 Å². The summed E-state index contributed by atoms with van der Waals surface area (Å²) in [6.07, 6.45) is 12.7. The van der Waals surface area contributed by atoms with Crippen molar-refractivity contribution < 1.29 is 14.1 Å². The number of hydrogen-bond donors (Lipinski definition) is 0. The quantitative estimate of drug-likeness (QED) is 0.266. The van der Waals surface area contributed by atoms with E-state index in [1.165, 1.54) is 11.1 Å². The van der Waals surface area contributed by atoms with E-state index in [1.54, 1.807) is 6.92 Å². The first-order valence-electron chi connectivity index (χ1n) is 9.20. The number of carbonyl (C=O) groups excluding carboxylic acids is 1. The van der Waals surface area contributed by atoms with Crippen molar-refractivity contribution in [3.05, 3.63) is 78.1 Å². The summed E-state index contributed by atoms with van der Waals surface area (Å²) in [5, 5.41) is 0. The lowest BCUT2D eigenvalue weighted by atomic mass is 10.1. The Morgan fingerprint density at radius 3 is 2.23 bits per heavy atom. The lowest BCUT2D eigenvalue weighted by molar-refractivity contribution is -0.697. The topological polar surface area (TPSA) is 30.2 Å². The number of pyridine rings is 1. The molecule has 0 aliphatic carbocycles. The average Bonchev–Trinajstić information content (AvgIpc) is 2.67. The largest absolute Gasteiger partial charge is 0.462 e. The fourth-order valence-electron chi connectivity index (χ4n) is 2.52. The molecule has 1 aromatic carbocycles. The molecule has 0 atom stereocenters. The van der Waals surface area contributed by atoms with E-state index in [2.05, 4.69) is 60.0 Å². The molecule has 0 spiro atoms. The van der Waals surface area contributed by atoms with Crippen LogP contribution >= 0.6 is 0 Å². The third kappa shape index (κ3) is 7.47. The fourth-order valence-corrected chi connectivity index (χ4v) is 2.52. The van der Waals surface area contributed by atoms with Crippen molar-refractivity contribution in [1.29, 1.82) is 0 Å². The Kier molecular flexibility index (Phi) is 8.34. The summed E-state index contributed by atoms with van der Waals surface area (Å²) in [7, 11) is 0. The Bertz CT molecular complexity index is 718. The Hall–Kier alpha value is -2.68. The first kappa shape index (κ1) is 19.6. The van der Waals surface area contributed by atoms with E-state index in [0.29, 0.717) is 12.2 Å². The summed E-state index contributed by atoms with van der Waals surface area (Å²) >= 11 is 0. The van der Waals surface area contributed by atoms with Crippen LogP contribution in [0.2, 0.25) is 0 Å². The van der Waals surface area contributed by atoms with E-state index in [9.17, 15) is 4.79 Å². The SMILES string of the molecule is C=C(C)C(=O)OCCCCCC[n+]1ccc(C=Cc2ccccc2)cc1. The molecule has 1 aromatic heterocycles. The van der Waals surface area contributed by atoms with Crippen molar-refractivity contribution in [2.75, 3.05) is 6.61 Å². The zero-order valence-electron chi connectivity index (χ0n) is 15.6. The van der Waals surface area contributed by atoms with Crippen molar-refractivity contribution in [2.24, 2.45) is 0 Å². The zero-order chi connectivity index (χ0) is 18.6. The summed E-state index contributed by atoms with van der Waals surface area (Å²) in [5.74, 6) is -0.290. The number of benzene rings is 1. The molecule has 0 saturated carbocycles. The van der Waals surface area contributed by atoms with Gasteiger partial charge in [-0.3, -0.25) is 0 Å². The van der Waals surface area contributed by atoms with Crippen molar-refractivity contribution >= 4 is 18.1 Å². The molecular weight excluding hydrogens is 322 g/mol. The number of hydrogen-bond acceptors (Lipinski definition) is 2. The molecular formula is C23H28NO2+. The third-order valence-corrected chi connectivity index (χ3v) is 4.08. The Balaban J connectivity index is 1.63. The first-order chi connectivity index (χ1) is 12.6. The van der Waals surface area contributed by atoms with Crippen molar-refractivity contribution in [3.8, 4) is 0 Å². The summed E-state index contributed by atoms with van der Waals surface area (Å²) < 4.78 is 7.30. The average molecular weight is 350 g/mol. The molecule has 0 aliphatic rings. The second kappa shape index (κ2) is 11.0. The van der Waals surface area contributed by atoms with Gasteiger partial charge >= 0.3 is 5.97 Å². The Morgan fingerprint density at radius 2 is 1.58 bits per heavy atom. The minimum absolute atomic E-state index is 0.290. The minimum atomic E-state index is -0.290. The molecule has 0 N–H and O–H groups in total. The first-order valence-corrected chi connectivity index (χ1v) is 9.20. The van der Waals surface area contributed by atoms with Gasteiger partial charge in [-0.2, -0.15) is 0 Å². The number of aryl methyl sites for hydroxylation is 1. The number of unbranched alkanes of at least 4 members (excludes halogenated alkanes) is 3. The predicted molar refractivity (Wildman–Crippen MR) is 106 cm³/mol. The van der Waals surface area contributed by atoms with Gasteiger partial charge in [0.1, 0.15) is 6.54 Å². The molecule has 136 valence electrons. The highest BCUT2D eigenvalue weighted by Gasteiger charge is 2.03. The van der Waals surface area contributed by atoms with E-state index in [1.807, 2.05) is 18.2 Å². The molecule has 0 saturated heterocycles. The van der Waals surface area contributed by atoms with Gasteiger partial charge in [0.15, 0.2) is 12.4 Å². The third-order valence-electron chi connectivity index (χ3n) is 4.08. The Morgan fingerprint density at radius 1 is 0.962 bits per heavy atom. The van der Waals surface area contributed by atoms with Crippen LogP contribution in [0.1, 0.15) is 43.7 Å². The summed E-state index contributed by atoms with van der Waals surface area (Å²) in [6, 6.07) is 14.6. The maximum Gasteiger partial charge on any atom is 0.333 e. The molecule has 2 aromatic rings. The second-order valence-corrected chi connectivity index (χ2v) is 6.44. The van der Waals surface area contributed by atoms with Crippen molar-refractivity contribution in [3.63, 3.8) is 0 Å². The van der Waals surface area contributed by atoms with Crippen LogP contribution in [-0.4, -0.2) is 12.6 Å². The smallest absolute Gasteiger partial charge is 0.333 e. The highest BCUT2D eigenvalue weighted by Crippen LogP contribution is 2.07. The number of aromatic nitrogens is 1. The predicted octanol–water partition coefficient (Wildman–Crippen LogP) is 4.82. The van der Waals surface area contributed by atoms with Crippen LogP contribution in [0.3, 0.4) is 0 Å². The minimum Gasteiger partial charge on any atom is -0.462 e. The van der Waals surface area contributed by atoms with Gasteiger partial charge in [0.2, 0.25) is 0 Å². The monoisotopic (exact) mass is 350 g/mol. The van der Waals surface area contributed by atoms with Crippen LogP contribution in [0.4, 0.5) is 0 Å². The molecule has 0 unspecified atom stereocenters. The molecule has 0 amide bonds. The van der Waals surface area contributed by atoms with Crippen LogP contribution in [0.15, 0.2) is 67.0 Å². The summed E-state index contributed by atoms with van der Waals surface area (Å²) in [6.45, 7) is 6.73. The van der Waals surface area contributed by atoms with Crippen LogP contribution in [0.25, 0.3) is 12.2 Å². The summed E-state index contributed by atoms with van der Waals surface area (Å²) in [5.41, 5.74) is 2.87. The molecule has 1 heterocycles. The molecule has 0 fully saturated rings. The molecule has 0 aliphatic heterocycles. The standard InChI is InChI=1S/C23H28NO2/c1-20(2)23(25)26-19-9-4-3-8-16-24-17-14-22(15-18-24)13-12-21-10-6-5-7-11-21/h5-7,10-15,17-18H,1,3-4,8-9,16,19H2,2H3/q+1. The van der Waals surface area contributed by atoms with Gasteiger partial charge in [-0.05, 0) is 37.3 Å².